The van der Waals surface area contributed by atoms with Crippen LogP contribution in [0.1, 0.15) is 25.0 Å². The standard InChI is InChI=1S/C22H23ClF3N5O2/c23-16-5-1-2-6-17(16)31-21(13-18(29-31)22(24,25)26)33-14-20(32)28-15-8-11-30(12-9-15)19-7-3-4-10-27-19/h1-4,6-7,10,13,15-16H,5,8-9,11-12,14H2,(H,28,32). The van der Waals surface area contributed by atoms with E-state index >= 15 is 0 Å². The Kier molecular flexibility index (Phi) is 6.92. The third-order valence-electron chi connectivity index (χ3n) is 5.46. The van der Waals surface area contributed by atoms with Crippen molar-refractivity contribution in [3.63, 3.8) is 0 Å². The van der Waals surface area contributed by atoms with E-state index in [0.29, 0.717) is 12.1 Å². The van der Waals surface area contributed by atoms with Gasteiger partial charge in [0.15, 0.2) is 12.3 Å². The Morgan fingerprint density at radius 1 is 1.27 bits per heavy atom. The Morgan fingerprint density at radius 3 is 2.73 bits per heavy atom. The fourth-order valence-corrected chi connectivity index (χ4v) is 4.05. The maximum Gasteiger partial charge on any atom is 0.435 e. The van der Waals surface area contributed by atoms with Gasteiger partial charge in [-0.1, -0.05) is 18.2 Å². The van der Waals surface area contributed by atoms with E-state index in [1.807, 2.05) is 24.3 Å². The van der Waals surface area contributed by atoms with Crippen LogP contribution in [0.15, 0.2) is 48.7 Å². The van der Waals surface area contributed by atoms with Crippen molar-refractivity contribution in [2.24, 2.45) is 0 Å². The molecule has 7 nitrogen and oxygen atoms in total. The molecule has 176 valence electrons. The summed E-state index contributed by atoms with van der Waals surface area (Å²) in [5.41, 5.74) is -0.758. The number of nitrogens with zero attached hydrogens (tertiary/aromatic N) is 4. The lowest BCUT2D eigenvalue weighted by molar-refractivity contribution is -0.141. The molecule has 2 aromatic heterocycles. The van der Waals surface area contributed by atoms with Crippen LogP contribution in [0.5, 0.6) is 5.88 Å². The second-order valence-electron chi connectivity index (χ2n) is 7.81. The van der Waals surface area contributed by atoms with Gasteiger partial charge in [0, 0.05) is 31.4 Å². The minimum Gasteiger partial charge on any atom is -0.467 e. The maximum absolute atomic E-state index is 13.2. The SMILES string of the molecule is O=C(COc1cc(C(F)(F)F)nn1C1=CC=CCC1Cl)NC1CCN(c2ccccn2)CC1. The highest BCUT2D eigenvalue weighted by Gasteiger charge is 2.36. The first-order chi connectivity index (χ1) is 15.8. The predicted molar refractivity (Wildman–Crippen MR) is 118 cm³/mol. The van der Waals surface area contributed by atoms with Gasteiger partial charge in [-0.3, -0.25) is 4.79 Å². The number of hydrogen-bond donors (Lipinski definition) is 1. The number of pyridine rings is 1. The summed E-state index contributed by atoms with van der Waals surface area (Å²) in [5, 5.41) is 5.96. The number of piperidine rings is 1. The van der Waals surface area contributed by atoms with Crippen molar-refractivity contribution in [3.8, 4) is 5.88 Å². The molecule has 3 heterocycles. The maximum atomic E-state index is 13.2. The predicted octanol–water partition coefficient (Wildman–Crippen LogP) is 3.87. The minimum atomic E-state index is -4.65. The number of alkyl halides is 4. The van der Waals surface area contributed by atoms with Crippen molar-refractivity contribution in [2.75, 3.05) is 24.6 Å². The van der Waals surface area contributed by atoms with Crippen LogP contribution in [0.2, 0.25) is 0 Å². The molecule has 0 spiro atoms. The van der Waals surface area contributed by atoms with E-state index in [4.69, 9.17) is 16.3 Å². The molecule has 4 rings (SSSR count). The fraction of sp³-hybridized carbons (Fsp3) is 0.409. The third kappa shape index (κ3) is 5.68. The van der Waals surface area contributed by atoms with E-state index in [2.05, 4.69) is 20.3 Å². The number of carbonyl (C=O) groups excluding carboxylic acids is 1. The van der Waals surface area contributed by atoms with Crippen LogP contribution in [-0.4, -0.2) is 51.8 Å². The molecule has 1 N–H and O–H groups in total. The Balaban J connectivity index is 1.36. The first-order valence-electron chi connectivity index (χ1n) is 10.6. The average molecular weight is 482 g/mol. The van der Waals surface area contributed by atoms with Crippen LogP contribution in [0.25, 0.3) is 5.70 Å². The van der Waals surface area contributed by atoms with Crippen molar-refractivity contribution in [1.82, 2.24) is 20.1 Å². The molecule has 1 saturated heterocycles. The van der Waals surface area contributed by atoms with Crippen LogP contribution >= 0.6 is 11.6 Å². The van der Waals surface area contributed by atoms with Gasteiger partial charge in [-0.25, -0.2) is 9.67 Å². The Bertz CT molecular complexity index is 1030. The van der Waals surface area contributed by atoms with E-state index in [1.54, 1.807) is 18.3 Å². The molecule has 1 aliphatic heterocycles. The zero-order chi connectivity index (χ0) is 23.4. The Labute approximate surface area is 193 Å². The first kappa shape index (κ1) is 23.2. The number of carbonyl (C=O) groups is 1. The molecule has 0 aromatic carbocycles. The van der Waals surface area contributed by atoms with E-state index in [-0.39, 0.29) is 11.9 Å². The molecule has 0 radical (unpaired) electrons. The summed E-state index contributed by atoms with van der Waals surface area (Å²) in [6, 6.07) is 6.45. The van der Waals surface area contributed by atoms with Gasteiger partial charge in [0.2, 0.25) is 5.88 Å². The molecule has 11 heteroatoms. The van der Waals surface area contributed by atoms with E-state index < -0.39 is 29.8 Å². The molecule has 33 heavy (non-hydrogen) atoms. The number of aromatic nitrogens is 3. The average Bonchev–Trinajstić information content (AvgIpc) is 3.24. The highest BCUT2D eigenvalue weighted by atomic mass is 35.5. The molecule has 2 aliphatic rings. The van der Waals surface area contributed by atoms with Gasteiger partial charge in [0.05, 0.1) is 11.1 Å². The summed E-state index contributed by atoms with van der Waals surface area (Å²) in [6.45, 7) is 1.05. The number of rotatable bonds is 6. The van der Waals surface area contributed by atoms with E-state index in [0.717, 1.165) is 42.5 Å². The number of amides is 1. The molecule has 2 aromatic rings. The van der Waals surface area contributed by atoms with Gasteiger partial charge >= 0.3 is 6.18 Å². The third-order valence-corrected chi connectivity index (χ3v) is 5.86. The number of anilines is 1. The van der Waals surface area contributed by atoms with Crippen molar-refractivity contribution < 1.29 is 22.7 Å². The zero-order valence-electron chi connectivity index (χ0n) is 17.6. The van der Waals surface area contributed by atoms with E-state index in [1.165, 1.54) is 0 Å². The smallest absolute Gasteiger partial charge is 0.435 e. The molecular formula is C22H23ClF3N5O2. The second kappa shape index (κ2) is 9.86. The van der Waals surface area contributed by atoms with Gasteiger partial charge in [-0.2, -0.15) is 18.3 Å². The lowest BCUT2D eigenvalue weighted by Crippen LogP contribution is -2.46. The first-order valence-corrected chi connectivity index (χ1v) is 11.0. The van der Waals surface area contributed by atoms with Gasteiger partial charge in [0.1, 0.15) is 5.82 Å². The molecule has 1 amide bonds. The van der Waals surface area contributed by atoms with Crippen molar-refractivity contribution in [3.05, 3.63) is 54.4 Å². The Morgan fingerprint density at radius 2 is 2.06 bits per heavy atom. The summed E-state index contributed by atoms with van der Waals surface area (Å²) < 4.78 is 46.1. The van der Waals surface area contributed by atoms with Crippen molar-refractivity contribution >= 4 is 29.0 Å². The number of halogens is 4. The molecule has 1 atom stereocenters. The normalized spacial score (nSPS) is 19.3. The number of hydrogen-bond acceptors (Lipinski definition) is 5. The number of allylic oxidation sites excluding steroid dienone is 4. The van der Waals surface area contributed by atoms with Gasteiger partial charge < -0.3 is 15.0 Å². The van der Waals surface area contributed by atoms with Crippen molar-refractivity contribution in [1.29, 1.82) is 0 Å². The van der Waals surface area contributed by atoms with Gasteiger partial charge in [-0.15, -0.1) is 11.6 Å². The molecule has 1 fully saturated rings. The molecule has 0 bridgehead atoms. The summed E-state index contributed by atoms with van der Waals surface area (Å²) in [6.07, 6.45) is 4.07. The topological polar surface area (TPSA) is 72.3 Å². The number of ether oxygens (including phenoxy) is 1. The molecular weight excluding hydrogens is 459 g/mol. The van der Waals surface area contributed by atoms with Crippen LogP contribution in [0, 0.1) is 0 Å². The largest absolute Gasteiger partial charge is 0.467 e. The summed E-state index contributed by atoms with van der Waals surface area (Å²) >= 11 is 6.26. The fourth-order valence-electron chi connectivity index (χ4n) is 3.79. The summed E-state index contributed by atoms with van der Waals surface area (Å²) in [4.78, 5) is 18.9. The lowest BCUT2D eigenvalue weighted by atomic mass is 10.1. The number of nitrogens with one attached hydrogen (secondary N) is 1. The van der Waals surface area contributed by atoms with E-state index in [9.17, 15) is 18.0 Å². The molecule has 1 aliphatic carbocycles. The van der Waals surface area contributed by atoms with Crippen LogP contribution < -0.4 is 15.0 Å². The zero-order valence-corrected chi connectivity index (χ0v) is 18.4. The van der Waals surface area contributed by atoms with Crippen molar-refractivity contribution in [2.45, 2.75) is 36.9 Å². The van der Waals surface area contributed by atoms with Crippen LogP contribution in [0.4, 0.5) is 19.0 Å². The lowest BCUT2D eigenvalue weighted by Gasteiger charge is -2.33. The Hall–Kier alpha value is -3.01. The molecule has 1 unspecified atom stereocenters. The summed E-state index contributed by atoms with van der Waals surface area (Å²) in [7, 11) is 0. The summed E-state index contributed by atoms with van der Waals surface area (Å²) in [5.74, 6) is 0.297. The second-order valence-corrected chi connectivity index (χ2v) is 8.33. The highest BCUT2D eigenvalue weighted by molar-refractivity contribution is 6.25. The van der Waals surface area contributed by atoms with Crippen LogP contribution in [0.3, 0.4) is 0 Å². The highest BCUT2D eigenvalue weighted by Crippen LogP contribution is 2.34. The quantitative estimate of drug-likeness (QED) is 0.634. The van der Waals surface area contributed by atoms with Gasteiger partial charge in [0.25, 0.3) is 5.91 Å². The minimum absolute atomic E-state index is 0.0462. The molecule has 0 saturated carbocycles. The van der Waals surface area contributed by atoms with Crippen LogP contribution in [-0.2, 0) is 11.0 Å². The monoisotopic (exact) mass is 481 g/mol. The van der Waals surface area contributed by atoms with Gasteiger partial charge in [-0.05, 0) is 37.5 Å².